The average molecular weight is 471 g/mol. The van der Waals surface area contributed by atoms with Gasteiger partial charge in [-0.3, -0.25) is 9.69 Å². The second-order valence-corrected chi connectivity index (χ2v) is 8.87. The smallest absolute Gasteiger partial charge is 0.251 e. The van der Waals surface area contributed by atoms with E-state index in [0.29, 0.717) is 17.9 Å². The topological polar surface area (TPSA) is 68.1 Å². The van der Waals surface area contributed by atoms with E-state index >= 15 is 0 Å². The number of nitrogens with one attached hydrogen (secondary N) is 1. The number of morpholine rings is 1. The SMILES string of the molecule is Cc1ccc2nc(COc3ccc(C(=O)N[C@H](CN4CCOCC4)c4ccccc4)cc3)cn2c1. The van der Waals surface area contributed by atoms with Crippen LogP contribution in [0.2, 0.25) is 0 Å². The minimum atomic E-state index is -0.102. The first kappa shape index (κ1) is 23.1. The van der Waals surface area contributed by atoms with Gasteiger partial charge in [0.2, 0.25) is 0 Å². The van der Waals surface area contributed by atoms with Gasteiger partial charge < -0.3 is 19.2 Å². The van der Waals surface area contributed by atoms with Gasteiger partial charge in [-0.2, -0.15) is 0 Å². The van der Waals surface area contributed by atoms with Gasteiger partial charge in [-0.05, 0) is 48.4 Å². The third-order valence-corrected chi connectivity index (χ3v) is 6.20. The Kier molecular flexibility index (Phi) is 7.07. The summed E-state index contributed by atoms with van der Waals surface area (Å²) in [5.74, 6) is 0.595. The van der Waals surface area contributed by atoms with Gasteiger partial charge in [0.15, 0.2) is 0 Å². The van der Waals surface area contributed by atoms with E-state index in [9.17, 15) is 4.79 Å². The summed E-state index contributed by atoms with van der Waals surface area (Å²) in [4.78, 5) is 20.0. The minimum Gasteiger partial charge on any atom is -0.487 e. The monoisotopic (exact) mass is 470 g/mol. The first-order valence-corrected chi connectivity index (χ1v) is 12.0. The number of rotatable bonds is 8. The van der Waals surface area contributed by atoms with Crippen LogP contribution in [0.4, 0.5) is 0 Å². The third kappa shape index (κ3) is 5.88. The molecule has 35 heavy (non-hydrogen) atoms. The number of amides is 1. The lowest BCUT2D eigenvalue weighted by molar-refractivity contribution is 0.0332. The van der Waals surface area contributed by atoms with E-state index in [1.807, 2.05) is 59.3 Å². The maximum Gasteiger partial charge on any atom is 0.251 e. The standard InChI is InChI=1S/C28H30N4O3/c1-21-7-12-27-29-24(18-32(27)17-21)20-35-25-10-8-23(9-11-25)28(33)30-26(22-5-3-2-4-6-22)19-31-13-15-34-16-14-31/h2-12,17-18,26H,13-16,19-20H2,1H3,(H,30,33)/t26-/m1/s1. The lowest BCUT2D eigenvalue weighted by Gasteiger charge is -2.31. The number of imidazole rings is 1. The van der Waals surface area contributed by atoms with Crippen LogP contribution in [-0.4, -0.2) is 53.0 Å². The summed E-state index contributed by atoms with van der Waals surface area (Å²) in [5, 5.41) is 3.22. The molecule has 0 saturated carbocycles. The van der Waals surface area contributed by atoms with E-state index in [0.717, 1.165) is 49.8 Å². The molecule has 1 atom stereocenters. The molecule has 1 aliphatic rings. The number of carbonyl (C=O) groups excluding carboxylic acids is 1. The number of nitrogens with zero attached hydrogens (tertiary/aromatic N) is 3. The van der Waals surface area contributed by atoms with Crippen LogP contribution in [0.5, 0.6) is 5.75 Å². The summed E-state index contributed by atoms with van der Waals surface area (Å²) in [6.45, 7) is 6.37. The molecule has 0 aliphatic carbocycles. The number of fused-ring (bicyclic) bond motifs is 1. The van der Waals surface area contributed by atoms with Crippen molar-refractivity contribution >= 4 is 11.6 Å². The van der Waals surface area contributed by atoms with E-state index in [1.165, 1.54) is 5.56 Å². The van der Waals surface area contributed by atoms with Crippen LogP contribution in [0.1, 0.15) is 33.2 Å². The summed E-state index contributed by atoms with van der Waals surface area (Å²) >= 11 is 0. The summed E-state index contributed by atoms with van der Waals surface area (Å²) in [7, 11) is 0. The van der Waals surface area contributed by atoms with Gasteiger partial charge in [-0.1, -0.05) is 36.4 Å². The normalized spacial score (nSPS) is 15.1. The van der Waals surface area contributed by atoms with Crippen molar-refractivity contribution in [1.29, 1.82) is 0 Å². The largest absolute Gasteiger partial charge is 0.487 e. The number of aryl methyl sites for hydroxylation is 1. The molecular weight excluding hydrogens is 440 g/mol. The van der Waals surface area contributed by atoms with Gasteiger partial charge in [0.1, 0.15) is 18.0 Å². The van der Waals surface area contributed by atoms with Crippen molar-refractivity contribution in [3.8, 4) is 5.75 Å². The van der Waals surface area contributed by atoms with Crippen molar-refractivity contribution in [3.05, 3.63) is 102 Å². The fraction of sp³-hybridized carbons (Fsp3) is 0.286. The highest BCUT2D eigenvalue weighted by atomic mass is 16.5. The van der Waals surface area contributed by atoms with Gasteiger partial charge in [-0.15, -0.1) is 0 Å². The lowest BCUT2D eigenvalue weighted by Crippen LogP contribution is -2.43. The zero-order valence-corrected chi connectivity index (χ0v) is 19.9. The molecular formula is C28H30N4O3. The van der Waals surface area contributed by atoms with E-state index < -0.39 is 0 Å². The number of hydrogen-bond acceptors (Lipinski definition) is 5. The summed E-state index contributed by atoms with van der Waals surface area (Å²) < 4.78 is 13.4. The van der Waals surface area contributed by atoms with Crippen LogP contribution in [0, 0.1) is 6.92 Å². The minimum absolute atomic E-state index is 0.101. The number of ether oxygens (including phenoxy) is 2. The molecule has 1 fully saturated rings. The van der Waals surface area contributed by atoms with E-state index in [4.69, 9.17) is 9.47 Å². The first-order chi connectivity index (χ1) is 17.1. The number of hydrogen-bond donors (Lipinski definition) is 1. The molecule has 0 radical (unpaired) electrons. The van der Waals surface area contributed by atoms with Gasteiger partial charge in [0, 0.05) is 37.6 Å². The van der Waals surface area contributed by atoms with E-state index in [-0.39, 0.29) is 11.9 Å². The van der Waals surface area contributed by atoms with Crippen molar-refractivity contribution in [2.24, 2.45) is 0 Å². The van der Waals surface area contributed by atoms with Crippen LogP contribution < -0.4 is 10.1 Å². The molecule has 1 amide bonds. The van der Waals surface area contributed by atoms with Gasteiger partial charge in [-0.25, -0.2) is 4.98 Å². The van der Waals surface area contributed by atoms with Crippen LogP contribution in [0.25, 0.3) is 5.65 Å². The zero-order valence-electron chi connectivity index (χ0n) is 19.9. The Bertz CT molecular complexity index is 1260. The average Bonchev–Trinajstić information content (AvgIpc) is 3.30. The Morgan fingerprint density at radius 1 is 1.03 bits per heavy atom. The highest BCUT2D eigenvalue weighted by Gasteiger charge is 2.20. The van der Waals surface area contributed by atoms with Gasteiger partial charge in [0.25, 0.3) is 5.91 Å². The van der Waals surface area contributed by atoms with Crippen molar-refractivity contribution in [1.82, 2.24) is 19.6 Å². The van der Waals surface area contributed by atoms with Gasteiger partial charge >= 0.3 is 0 Å². The van der Waals surface area contributed by atoms with Crippen molar-refractivity contribution in [2.75, 3.05) is 32.8 Å². The molecule has 2 aromatic heterocycles. The third-order valence-electron chi connectivity index (χ3n) is 6.20. The fourth-order valence-electron chi connectivity index (χ4n) is 4.29. The highest BCUT2D eigenvalue weighted by molar-refractivity contribution is 5.94. The van der Waals surface area contributed by atoms with Crippen molar-refractivity contribution in [2.45, 2.75) is 19.6 Å². The van der Waals surface area contributed by atoms with Crippen LogP contribution >= 0.6 is 0 Å². The Balaban J connectivity index is 1.21. The van der Waals surface area contributed by atoms with Crippen LogP contribution in [0.3, 0.4) is 0 Å². The van der Waals surface area contributed by atoms with E-state index in [2.05, 4.69) is 34.3 Å². The molecule has 1 saturated heterocycles. The molecule has 1 aliphatic heterocycles. The Hall–Kier alpha value is -3.68. The Morgan fingerprint density at radius 3 is 2.57 bits per heavy atom. The second-order valence-electron chi connectivity index (χ2n) is 8.87. The predicted molar refractivity (Wildman–Crippen MR) is 135 cm³/mol. The molecule has 180 valence electrons. The lowest BCUT2D eigenvalue weighted by atomic mass is 10.1. The summed E-state index contributed by atoms with van der Waals surface area (Å²) in [6, 6.07) is 21.3. The maximum atomic E-state index is 13.1. The molecule has 7 nitrogen and oxygen atoms in total. The number of benzene rings is 2. The molecule has 3 heterocycles. The quantitative estimate of drug-likeness (QED) is 0.421. The second kappa shape index (κ2) is 10.7. The van der Waals surface area contributed by atoms with Crippen molar-refractivity contribution in [3.63, 3.8) is 0 Å². The fourth-order valence-corrected chi connectivity index (χ4v) is 4.29. The Morgan fingerprint density at radius 2 is 1.80 bits per heavy atom. The summed E-state index contributed by atoms with van der Waals surface area (Å²) in [6.07, 6.45) is 4.02. The molecule has 2 aromatic carbocycles. The molecule has 0 bridgehead atoms. The molecule has 7 heteroatoms. The Labute approximate surface area is 205 Å². The molecule has 0 spiro atoms. The number of aromatic nitrogens is 2. The number of pyridine rings is 1. The van der Waals surface area contributed by atoms with Crippen molar-refractivity contribution < 1.29 is 14.3 Å². The highest BCUT2D eigenvalue weighted by Crippen LogP contribution is 2.18. The van der Waals surface area contributed by atoms with E-state index in [1.54, 1.807) is 12.1 Å². The molecule has 0 unspecified atom stereocenters. The molecule has 5 rings (SSSR count). The van der Waals surface area contributed by atoms with Gasteiger partial charge in [0.05, 0.1) is 24.9 Å². The summed E-state index contributed by atoms with van der Waals surface area (Å²) in [5.41, 5.74) is 4.62. The number of carbonyl (C=O) groups is 1. The maximum absolute atomic E-state index is 13.1. The first-order valence-electron chi connectivity index (χ1n) is 12.0. The van der Waals surface area contributed by atoms with Crippen LogP contribution in [0.15, 0.2) is 79.1 Å². The predicted octanol–water partition coefficient (Wildman–Crippen LogP) is 4.03. The zero-order chi connectivity index (χ0) is 24.0. The van der Waals surface area contributed by atoms with Crippen LogP contribution in [-0.2, 0) is 11.3 Å². The molecule has 4 aromatic rings. The molecule has 1 N–H and O–H groups in total.